The van der Waals surface area contributed by atoms with Crippen LogP contribution in [0.15, 0.2) is 23.1 Å². The molecule has 0 spiro atoms. The third kappa shape index (κ3) is 4.18. The second-order valence-electron chi connectivity index (χ2n) is 5.11. The lowest BCUT2D eigenvalue weighted by atomic mass is 10.1. The Kier molecular flexibility index (Phi) is 6.64. The Balaban J connectivity index is 3.27. The van der Waals surface area contributed by atoms with Crippen LogP contribution in [-0.4, -0.2) is 38.0 Å². The first kappa shape index (κ1) is 17.9. The van der Waals surface area contributed by atoms with Crippen molar-refractivity contribution in [1.82, 2.24) is 4.31 Å². The van der Waals surface area contributed by atoms with Crippen LogP contribution in [0.5, 0.6) is 5.75 Å². The van der Waals surface area contributed by atoms with Crippen molar-refractivity contribution >= 4 is 10.0 Å². The summed E-state index contributed by atoms with van der Waals surface area (Å²) < 4.78 is 32.3. The molecule has 120 valence electrons. The Labute approximate surface area is 127 Å². The number of sulfonamides is 1. The van der Waals surface area contributed by atoms with Gasteiger partial charge >= 0.3 is 0 Å². The molecule has 0 aliphatic carbocycles. The normalized spacial score (nSPS) is 13.4. The van der Waals surface area contributed by atoms with E-state index < -0.39 is 10.0 Å². The highest BCUT2D eigenvalue weighted by Crippen LogP contribution is 2.28. The summed E-state index contributed by atoms with van der Waals surface area (Å²) in [6, 6.07) is 4.71. The number of hydrogen-bond acceptors (Lipinski definition) is 4. The van der Waals surface area contributed by atoms with Gasteiger partial charge in [0.2, 0.25) is 10.0 Å². The number of ether oxygens (including phenoxy) is 1. The lowest BCUT2D eigenvalue weighted by Gasteiger charge is -2.24. The van der Waals surface area contributed by atoms with E-state index in [0.717, 1.165) is 6.42 Å². The first-order valence-corrected chi connectivity index (χ1v) is 8.62. The smallest absolute Gasteiger partial charge is 0.246 e. The third-order valence-corrected chi connectivity index (χ3v) is 5.56. The van der Waals surface area contributed by atoms with Gasteiger partial charge < -0.3 is 9.84 Å². The van der Waals surface area contributed by atoms with Crippen LogP contribution in [-0.2, 0) is 16.6 Å². The van der Waals surface area contributed by atoms with Crippen LogP contribution >= 0.6 is 0 Å². The minimum absolute atomic E-state index is 0.113. The van der Waals surface area contributed by atoms with E-state index in [1.807, 2.05) is 20.8 Å². The lowest BCUT2D eigenvalue weighted by molar-refractivity contribution is 0.281. The number of aliphatic hydroxyl groups excluding tert-OH is 1. The van der Waals surface area contributed by atoms with Crippen LogP contribution in [0, 0.1) is 5.92 Å². The van der Waals surface area contributed by atoms with Crippen molar-refractivity contribution in [2.75, 3.05) is 20.2 Å². The molecule has 1 aromatic rings. The van der Waals surface area contributed by atoms with Gasteiger partial charge in [0, 0.05) is 13.1 Å². The largest absolute Gasteiger partial charge is 0.495 e. The maximum absolute atomic E-state index is 12.8. The SMILES string of the molecule is CCC(C)CN(CC)S(=O)(=O)c1cc(CO)ccc1OC. The van der Waals surface area contributed by atoms with Crippen molar-refractivity contribution in [3.8, 4) is 5.75 Å². The van der Waals surface area contributed by atoms with Gasteiger partial charge in [0.05, 0.1) is 13.7 Å². The molecule has 1 N–H and O–H groups in total. The fourth-order valence-electron chi connectivity index (χ4n) is 2.03. The van der Waals surface area contributed by atoms with Crippen molar-refractivity contribution in [3.05, 3.63) is 23.8 Å². The van der Waals surface area contributed by atoms with Gasteiger partial charge in [-0.3, -0.25) is 0 Å². The van der Waals surface area contributed by atoms with Gasteiger partial charge in [0.15, 0.2) is 0 Å². The van der Waals surface area contributed by atoms with E-state index in [-0.39, 0.29) is 17.4 Å². The molecule has 1 unspecified atom stereocenters. The fraction of sp³-hybridized carbons (Fsp3) is 0.600. The van der Waals surface area contributed by atoms with E-state index in [1.165, 1.54) is 17.5 Å². The van der Waals surface area contributed by atoms with Crippen LogP contribution in [0.25, 0.3) is 0 Å². The van der Waals surface area contributed by atoms with E-state index in [2.05, 4.69) is 0 Å². The van der Waals surface area contributed by atoms with E-state index in [4.69, 9.17) is 4.74 Å². The van der Waals surface area contributed by atoms with Gasteiger partial charge in [-0.15, -0.1) is 0 Å². The standard InChI is InChI=1S/C15H25NO4S/c1-5-12(3)10-16(6-2)21(18,19)15-9-13(11-17)7-8-14(15)20-4/h7-9,12,17H,5-6,10-11H2,1-4H3. The van der Waals surface area contributed by atoms with Crippen molar-refractivity contribution in [3.63, 3.8) is 0 Å². The van der Waals surface area contributed by atoms with Gasteiger partial charge in [-0.25, -0.2) is 8.42 Å². The molecule has 5 nitrogen and oxygen atoms in total. The summed E-state index contributed by atoms with van der Waals surface area (Å²) in [5.41, 5.74) is 0.550. The minimum Gasteiger partial charge on any atom is -0.495 e. The summed E-state index contributed by atoms with van der Waals surface area (Å²) in [7, 11) is -2.19. The Morgan fingerprint density at radius 2 is 2.00 bits per heavy atom. The second-order valence-corrected chi connectivity index (χ2v) is 7.02. The molecule has 0 aliphatic heterocycles. The van der Waals surface area contributed by atoms with E-state index in [0.29, 0.717) is 24.4 Å². The molecule has 0 fully saturated rings. The number of rotatable bonds is 8. The first-order chi connectivity index (χ1) is 9.90. The minimum atomic E-state index is -3.63. The summed E-state index contributed by atoms with van der Waals surface area (Å²) in [6.07, 6.45) is 0.917. The molecule has 0 radical (unpaired) electrons. The molecule has 1 atom stereocenters. The molecular formula is C15H25NO4S. The third-order valence-electron chi connectivity index (χ3n) is 3.59. The quantitative estimate of drug-likeness (QED) is 0.799. The van der Waals surface area contributed by atoms with Crippen molar-refractivity contribution in [2.24, 2.45) is 5.92 Å². The number of aliphatic hydroxyl groups is 1. The highest BCUT2D eigenvalue weighted by atomic mass is 32.2. The Morgan fingerprint density at radius 1 is 1.33 bits per heavy atom. The Morgan fingerprint density at radius 3 is 2.48 bits per heavy atom. The second kappa shape index (κ2) is 7.77. The number of hydrogen-bond donors (Lipinski definition) is 1. The molecule has 0 saturated carbocycles. The molecule has 6 heteroatoms. The van der Waals surface area contributed by atoms with Crippen molar-refractivity contribution in [2.45, 2.75) is 38.7 Å². The van der Waals surface area contributed by atoms with Crippen molar-refractivity contribution < 1.29 is 18.3 Å². The highest BCUT2D eigenvalue weighted by molar-refractivity contribution is 7.89. The molecule has 0 bridgehead atoms. The van der Waals surface area contributed by atoms with Gasteiger partial charge in [-0.2, -0.15) is 4.31 Å². The van der Waals surface area contributed by atoms with E-state index in [9.17, 15) is 13.5 Å². The number of benzene rings is 1. The maximum Gasteiger partial charge on any atom is 0.246 e. The monoisotopic (exact) mass is 315 g/mol. The van der Waals surface area contributed by atoms with E-state index in [1.54, 1.807) is 12.1 Å². The highest BCUT2D eigenvalue weighted by Gasteiger charge is 2.27. The van der Waals surface area contributed by atoms with Crippen LogP contribution in [0.1, 0.15) is 32.8 Å². The molecule has 0 saturated heterocycles. The predicted molar refractivity (Wildman–Crippen MR) is 82.8 cm³/mol. The molecule has 21 heavy (non-hydrogen) atoms. The summed E-state index contributed by atoms with van der Waals surface area (Å²) in [5, 5.41) is 9.22. The average Bonchev–Trinajstić information content (AvgIpc) is 2.51. The van der Waals surface area contributed by atoms with Crippen LogP contribution in [0.3, 0.4) is 0 Å². The summed E-state index contributed by atoms with van der Waals surface area (Å²) in [4.78, 5) is 0.113. The summed E-state index contributed by atoms with van der Waals surface area (Å²) in [5.74, 6) is 0.585. The van der Waals surface area contributed by atoms with Crippen molar-refractivity contribution in [1.29, 1.82) is 0 Å². The molecule has 0 amide bonds. The molecule has 0 aromatic heterocycles. The maximum atomic E-state index is 12.8. The van der Waals surface area contributed by atoms with Crippen LogP contribution < -0.4 is 4.74 Å². The topological polar surface area (TPSA) is 66.8 Å². The van der Waals surface area contributed by atoms with Gasteiger partial charge in [-0.05, 0) is 23.6 Å². The molecule has 0 aliphatic rings. The van der Waals surface area contributed by atoms with Crippen LogP contribution in [0.2, 0.25) is 0 Å². The molecule has 1 aromatic carbocycles. The summed E-state index contributed by atoms with van der Waals surface area (Å²) >= 11 is 0. The fourth-order valence-corrected chi connectivity index (χ4v) is 3.81. The first-order valence-electron chi connectivity index (χ1n) is 7.18. The number of methoxy groups -OCH3 is 1. The Hall–Kier alpha value is -1.11. The predicted octanol–water partition coefficient (Wildman–Crippen LogP) is 2.24. The van der Waals surface area contributed by atoms with Gasteiger partial charge in [0.25, 0.3) is 0 Å². The van der Waals surface area contributed by atoms with Gasteiger partial charge in [-0.1, -0.05) is 33.3 Å². The lowest BCUT2D eigenvalue weighted by Crippen LogP contribution is -2.34. The van der Waals surface area contributed by atoms with E-state index >= 15 is 0 Å². The average molecular weight is 315 g/mol. The molecular weight excluding hydrogens is 290 g/mol. The Bertz CT molecular complexity index is 557. The van der Waals surface area contributed by atoms with Gasteiger partial charge in [0.1, 0.15) is 10.6 Å². The zero-order valence-electron chi connectivity index (χ0n) is 13.2. The zero-order chi connectivity index (χ0) is 16.0. The number of nitrogens with zero attached hydrogens (tertiary/aromatic N) is 1. The zero-order valence-corrected chi connectivity index (χ0v) is 14.0. The summed E-state index contributed by atoms with van der Waals surface area (Å²) in [6.45, 7) is 6.56. The van der Waals surface area contributed by atoms with Crippen LogP contribution in [0.4, 0.5) is 0 Å². The molecule has 1 rings (SSSR count). The molecule has 0 heterocycles.